The quantitative estimate of drug-likeness (QED) is 0.0655. The Labute approximate surface area is 220 Å². The van der Waals surface area contributed by atoms with Crippen molar-refractivity contribution in [3.63, 3.8) is 0 Å². The number of aliphatic hydroxyl groups excluding tert-OH is 1. The van der Waals surface area contributed by atoms with Crippen LogP contribution in [0.2, 0.25) is 0 Å². The van der Waals surface area contributed by atoms with Gasteiger partial charge in [-0.25, -0.2) is 4.57 Å². The molecule has 2 atom stereocenters. The molecule has 0 aliphatic heterocycles. The molecule has 2 N–H and O–H groups in total. The second-order valence-corrected chi connectivity index (χ2v) is 11.3. The first-order valence-corrected chi connectivity index (χ1v) is 14.9. The Balaban J connectivity index is 3.75. The first-order chi connectivity index (χ1) is 17.2. The summed E-state index contributed by atoms with van der Waals surface area (Å²) in [5.41, 5.74) is 0. The number of nitrogens with zero attached hydrogens (tertiary/aromatic N) is 1. The van der Waals surface area contributed by atoms with Gasteiger partial charge in [-0.3, -0.25) is 9.05 Å². The Morgan fingerprint density at radius 2 is 1.31 bits per heavy atom. The first kappa shape index (κ1) is 35.0. The number of hydrogen-bond donors (Lipinski definition) is 2. The lowest BCUT2D eigenvalue weighted by Crippen LogP contribution is -2.37. The molecule has 0 aromatic heterocycles. The van der Waals surface area contributed by atoms with E-state index in [0.29, 0.717) is 17.6 Å². The van der Waals surface area contributed by atoms with Crippen molar-refractivity contribution in [2.24, 2.45) is 0 Å². The van der Waals surface area contributed by atoms with Crippen molar-refractivity contribution in [3.05, 3.63) is 48.6 Å². The van der Waals surface area contributed by atoms with Crippen LogP contribution in [0.25, 0.3) is 0 Å². The molecule has 210 valence electrons. The Morgan fingerprint density at radius 1 is 0.778 bits per heavy atom. The molecule has 8 heteroatoms. The molecular formula is C28H53NO6P+. The van der Waals surface area contributed by atoms with Gasteiger partial charge in [-0.15, -0.1) is 0 Å². The molecule has 7 nitrogen and oxygen atoms in total. The third-order valence-electron chi connectivity index (χ3n) is 5.22. The van der Waals surface area contributed by atoms with Crippen LogP contribution in [0.3, 0.4) is 0 Å². The predicted octanol–water partition coefficient (Wildman–Crippen LogP) is 6.35. The van der Waals surface area contributed by atoms with Crippen LogP contribution in [0, 0.1) is 0 Å². The van der Waals surface area contributed by atoms with E-state index in [-0.39, 0.29) is 19.8 Å². The van der Waals surface area contributed by atoms with Crippen LogP contribution in [0.4, 0.5) is 0 Å². The Hall–Kier alpha value is -1.05. The van der Waals surface area contributed by atoms with Gasteiger partial charge in [0.15, 0.2) is 0 Å². The van der Waals surface area contributed by atoms with E-state index in [1.54, 1.807) is 0 Å². The summed E-state index contributed by atoms with van der Waals surface area (Å²) in [7, 11) is 1.74. The fourth-order valence-corrected chi connectivity index (χ4v) is 3.71. The predicted molar refractivity (Wildman–Crippen MR) is 150 cm³/mol. The van der Waals surface area contributed by atoms with Gasteiger partial charge in [-0.2, -0.15) is 0 Å². The molecule has 0 aliphatic carbocycles. The van der Waals surface area contributed by atoms with E-state index in [0.717, 1.165) is 38.5 Å². The number of rotatable bonds is 24. The van der Waals surface area contributed by atoms with Crippen LogP contribution in [0.15, 0.2) is 48.6 Å². The summed E-state index contributed by atoms with van der Waals surface area (Å²) in [6, 6.07) is 0. The molecule has 0 rings (SSSR count). The smallest absolute Gasteiger partial charge is 0.394 e. The van der Waals surface area contributed by atoms with Crippen LogP contribution < -0.4 is 0 Å². The summed E-state index contributed by atoms with van der Waals surface area (Å²) < 4.78 is 28.0. The minimum absolute atomic E-state index is 0.111. The Kier molecular flexibility index (Phi) is 22.4. The molecule has 0 saturated heterocycles. The summed E-state index contributed by atoms with van der Waals surface area (Å²) in [4.78, 5) is 9.74. The number of aliphatic hydroxyl groups is 1. The number of allylic oxidation sites excluding steroid dienone is 8. The Morgan fingerprint density at radius 3 is 1.81 bits per heavy atom. The number of ether oxygens (including phenoxy) is 1. The topological polar surface area (TPSA) is 85.2 Å². The lowest BCUT2D eigenvalue weighted by Gasteiger charge is -2.24. The van der Waals surface area contributed by atoms with E-state index in [4.69, 9.17) is 13.8 Å². The first-order valence-electron chi connectivity index (χ1n) is 13.4. The van der Waals surface area contributed by atoms with Crippen molar-refractivity contribution >= 4 is 7.82 Å². The highest BCUT2D eigenvalue weighted by molar-refractivity contribution is 7.47. The molecule has 0 spiro atoms. The normalized spacial score (nSPS) is 15.6. The van der Waals surface area contributed by atoms with Crippen molar-refractivity contribution in [2.75, 3.05) is 54.1 Å². The van der Waals surface area contributed by atoms with E-state index in [9.17, 15) is 14.6 Å². The zero-order valence-corrected chi connectivity index (χ0v) is 24.1. The maximum atomic E-state index is 11.9. The van der Waals surface area contributed by atoms with E-state index in [1.165, 1.54) is 25.7 Å². The zero-order valence-electron chi connectivity index (χ0n) is 23.2. The minimum Gasteiger partial charge on any atom is -0.394 e. The largest absolute Gasteiger partial charge is 0.472 e. The van der Waals surface area contributed by atoms with E-state index in [2.05, 4.69) is 55.5 Å². The molecule has 0 amide bonds. The summed E-state index contributed by atoms with van der Waals surface area (Å²) in [5.74, 6) is 0. The average Bonchev–Trinajstić information content (AvgIpc) is 2.81. The van der Waals surface area contributed by atoms with E-state index >= 15 is 0 Å². The van der Waals surface area contributed by atoms with Gasteiger partial charge < -0.3 is 19.2 Å². The molecule has 36 heavy (non-hydrogen) atoms. The van der Waals surface area contributed by atoms with Gasteiger partial charge in [0.05, 0.1) is 34.4 Å². The van der Waals surface area contributed by atoms with Gasteiger partial charge >= 0.3 is 7.82 Å². The molecule has 1 unspecified atom stereocenters. The average molecular weight is 531 g/mol. The van der Waals surface area contributed by atoms with Gasteiger partial charge in [0.1, 0.15) is 19.3 Å². The molecule has 0 aromatic carbocycles. The van der Waals surface area contributed by atoms with E-state index < -0.39 is 13.9 Å². The van der Waals surface area contributed by atoms with Gasteiger partial charge in [0.25, 0.3) is 0 Å². The highest BCUT2D eigenvalue weighted by Crippen LogP contribution is 2.43. The monoisotopic (exact) mass is 530 g/mol. The number of likely N-dealkylation sites (N-methyl/N-ethyl adjacent to an activating group) is 1. The van der Waals surface area contributed by atoms with Crippen molar-refractivity contribution in [1.29, 1.82) is 0 Å². The summed E-state index contributed by atoms with van der Waals surface area (Å²) >= 11 is 0. The fraction of sp³-hybridized carbons (Fsp3) is 0.714. The summed E-state index contributed by atoms with van der Waals surface area (Å²) in [6.45, 7) is 2.91. The highest BCUT2D eigenvalue weighted by atomic mass is 31.2. The second kappa shape index (κ2) is 23.1. The molecule has 0 bridgehead atoms. The van der Waals surface area contributed by atoms with Crippen LogP contribution in [0.1, 0.15) is 71.1 Å². The van der Waals surface area contributed by atoms with Crippen LogP contribution in [-0.2, 0) is 18.3 Å². The van der Waals surface area contributed by atoms with Crippen LogP contribution in [-0.4, -0.2) is 74.7 Å². The molecule has 0 radical (unpaired) electrons. The number of phosphoric acid groups is 1. The van der Waals surface area contributed by atoms with Gasteiger partial charge in [0, 0.05) is 6.61 Å². The molecule has 0 heterocycles. The maximum absolute atomic E-state index is 11.9. The van der Waals surface area contributed by atoms with Gasteiger partial charge in [-0.05, 0) is 51.4 Å². The van der Waals surface area contributed by atoms with Gasteiger partial charge in [-0.1, -0.05) is 68.4 Å². The molecular weight excluding hydrogens is 477 g/mol. The molecule has 0 aromatic rings. The summed E-state index contributed by atoms with van der Waals surface area (Å²) in [5, 5.41) is 9.41. The van der Waals surface area contributed by atoms with Crippen molar-refractivity contribution in [1.82, 2.24) is 0 Å². The lowest BCUT2D eigenvalue weighted by molar-refractivity contribution is -0.870. The zero-order chi connectivity index (χ0) is 27.0. The number of phosphoric ester groups is 1. The number of hydrogen-bond acceptors (Lipinski definition) is 5. The minimum atomic E-state index is -4.15. The standard InChI is InChI=1S/C28H52NO6P/c1-5-6-7-8-9-10-11-12-13-14-15-16-17-18-19-20-21-22-24-33-28(26-30)27-35-36(31,32)34-25-23-29(2,3)4/h9-10,12-13,15-16,18-19,28,30H,5-8,11,14,17,20-27H2,1-4H3/p+1/b10-9-,13-12-,16-15-,19-18-/t28-/m1/s1. The van der Waals surface area contributed by atoms with Crippen molar-refractivity contribution in [2.45, 2.75) is 77.2 Å². The number of quaternary nitrogens is 1. The van der Waals surface area contributed by atoms with Crippen LogP contribution in [0.5, 0.6) is 0 Å². The SMILES string of the molecule is CCCCC/C=C\C/C=C\C/C=C\C/C=C\CCCCO[C@H](CO)COP(=O)(O)OCC[N+](C)(C)C. The van der Waals surface area contributed by atoms with Crippen molar-refractivity contribution < 1.29 is 32.8 Å². The molecule has 0 fully saturated rings. The van der Waals surface area contributed by atoms with Gasteiger partial charge in [0.2, 0.25) is 0 Å². The van der Waals surface area contributed by atoms with Crippen LogP contribution >= 0.6 is 7.82 Å². The van der Waals surface area contributed by atoms with E-state index in [1.807, 2.05) is 21.1 Å². The molecule has 0 saturated carbocycles. The third kappa shape index (κ3) is 26.0. The lowest BCUT2D eigenvalue weighted by atomic mass is 10.2. The fourth-order valence-electron chi connectivity index (χ4n) is 2.97. The Bertz CT molecular complexity index is 669. The highest BCUT2D eigenvalue weighted by Gasteiger charge is 2.24. The maximum Gasteiger partial charge on any atom is 0.472 e. The molecule has 0 aliphatic rings. The summed E-state index contributed by atoms with van der Waals surface area (Å²) in [6.07, 6.45) is 27.8. The third-order valence-corrected chi connectivity index (χ3v) is 6.20. The number of unbranched alkanes of at least 4 members (excludes halogenated alkanes) is 5. The second-order valence-electron chi connectivity index (χ2n) is 9.87. The van der Waals surface area contributed by atoms with Crippen molar-refractivity contribution in [3.8, 4) is 0 Å².